The Morgan fingerprint density at radius 1 is 1.22 bits per heavy atom. The van der Waals surface area contributed by atoms with Gasteiger partial charge in [-0.1, -0.05) is 19.1 Å². The third-order valence-corrected chi connectivity index (χ3v) is 8.19. The second kappa shape index (κ2) is 4.89. The van der Waals surface area contributed by atoms with Crippen molar-refractivity contribution in [2.75, 3.05) is 6.61 Å². The summed E-state index contributed by atoms with van der Waals surface area (Å²) in [5, 5.41) is 33.3. The Kier molecular flexibility index (Phi) is 3.18. The topological polar surface area (TPSA) is 113 Å². The zero-order chi connectivity index (χ0) is 19.5. The summed E-state index contributed by atoms with van der Waals surface area (Å²) in [4.78, 5) is 24.8. The van der Waals surface area contributed by atoms with Crippen LogP contribution in [0.25, 0.3) is 0 Å². The van der Waals surface area contributed by atoms with Gasteiger partial charge in [0.1, 0.15) is 18.3 Å². The Balaban J connectivity index is 1.79. The zero-order valence-electron chi connectivity index (χ0n) is 15.3. The molecular formula is C20H24O7. The summed E-state index contributed by atoms with van der Waals surface area (Å²) in [5.74, 6) is -4.25. The van der Waals surface area contributed by atoms with E-state index in [1.165, 1.54) is 6.08 Å². The van der Waals surface area contributed by atoms with E-state index in [1.54, 1.807) is 6.92 Å². The van der Waals surface area contributed by atoms with Crippen molar-refractivity contribution in [2.45, 2.75) is 50.8 Å². The van der Waals surface area contributed by atoms with Crippen molar-refractivity contribution < 1.29 is 34.4 Å². The van der Waals surface area contributed by atoms with Gasteiger partial charge in [-0.2, -0.15) is 0 Å². The molecule has 2 bridgehead atoms. The van der Waals surface area contributed by atoms with Crippen LogP contribution in [0.2, 0.25) is 0 Å². The molecule has 0 aromatic rings. The van der Waals surface area contributed by atoms with Gasteiger partial charge < -0.3 is 24.8 Å². The fourth-order valence-electron chi connectivity index (χ4n) is 7.14. The van der Waals surface area contributed by atoms with E-state index in [2.05, 4.69) is 6.58 Å². The van der Waals surface area contributed by atoms with Crippen molar-refractivity contribution in [3.8, 4) is 0 Å². The molecule has 2 saturated carbocycles. The van der Waals surface area contributed by atoms with Crippen molar-refractivity contribution in [1.29, 1.82) is 0 Å². The molecule has 146 valence electrons. The first kappa shape index (κ1) is 17.6. The van der Waals surface area contributed by atoms with Crippen LogP contribution in [0, 0.1) is 28.6 Å². The van der Waals surface area contributed by atoms with Gasteiger partial charge >= 0.3 is 5.97 Å². The first-order chi connectivity index (χ1) is 12.6. The lowest BCUT2D eigenvalue weighted by Crippen LogP contribution is -2.74. The van der Waals surface area contributed by atoms with Crippen molar-refractivity contribution >= 4 is 11.8 Å². The highest BCUT2D eigenvalue weighted by atomic mass is 16.6. The molecule has 2 saturated heterocycles. The molecule has 7 nitrogen and oxygen atoms in total. The zero-order valence-corrected chi connectivity index (χ0v) is 15.3. The molecule has 9 atom stereocenters. The number of hydrogen-bond donors (Lipinski definition) is 3. The molecule has 4 fully saturated rings. The lowest BCUT2D eigenvalue weighted by molar-refractivity contribution is -0.305. The van der Waals surface area contributed by atoms with Gasteiger partial charge in [0.15, 0.2) is 11.6 Å². The van der Waals surface area contributed by atoms with Crippen LogP contribution in [-0.2, 0) is 19.1 Å². The molecule has 0 unspecified atom stereocenters. The Hall–Kier alpha value is -1.54. The first-order valence-corrected chi connectivity index (χ1v) is 9.41. The minimum absolute atomic E-state index is 0.0436. The Morgan fingerprint density at radius 3 is 2.63 bits per heavy atom. The van der Waals surface area contributed by atoms with E-state index < -0.39 is 52.5 Å². The number of esters is 1. The van der Waals surface area contributed by atoms with E-state index in [9.17, 15) is 24.9 Å². The maximum absolute atomic E-state index is 12.5. The monoisotopic (exact) mass is 376 g/mol. The maximum atomic E-state index is 12.5. The van der Waals surface area contributed by atoms with Gasteiger partial charge in [-0.25, -0.2) is 0 Å². The molecule has 27 heavy (non-hydrogen) atoms. The second-order valence-corrected chi connectivity index (χ2v) is 9.15. The van der Waals surface area contributed by atoms with Crippen molar-refractivity contribution in [3.05, 3.63) is 23.8 Å². The highest BCUT2D eigenvalue weighted by Crippen LogP contribution is 2.73. The number of carbonyl (C=O) groups is 2. The SMILES string of the molecule is C=C1[C@@H](O)[C@]2(O)OC[C@@]34[C@H]2[C@]2(C)[C@@H](O)C(=O)C=C(C)[C@@H]2C[C@H]3OC(=O)C[C@@H]14. The summed E-state index contributed by atoms with van der Waals surface area (Å²) in [6.45, 7) is 7.64. The lowest BCUT2D eigenvalue weighted by Gasteiger charge is -2.66. The van der Waals surface area contributed by atoms with E-state index in [0.717, 1.165) is 5.57 Å². The largest absolute Gasteiger partial charge is 0.462 e. The first-order valence-electron chi connectivity index (χ1n) is 9.41. The summed E-state index contributed by atoms with van der Waals surface area (Å²) in [5.41, 5.74) is -0.730. The molecular weight excluding hydrogens is 352 g/mol. The van der Waals surface area contributed by atoms with Crippen molar-refractivity contribution in [2.24, 2.45) is 28.6 Å². The van der Waals surface area contributed by atoms with E-state index in [1.807, 2.05) is 6.92 Å². The molecule has 3 aliphatic carbocycles. The molecule has 0 radical (unpaired) electrons. The molecule has 5 rings (SSSR count). The second-order valence-electron chi connectivity index (χ2n) is 9.15. The van der Waals surface area contributed by atoms with Crippen LogP contribution in [0.1, 0.15) is 26.7 Å². The van der Waals surface area contributed by atoms with Gasteiger partial charge in [-0.3, -0.25) is 9.59 Å². The summed E-state index contributed by atoms with van der Waals surface area (Å²) < 4.78 is 11.5. The fourth-order valence-corrected chi connectivity index (χ4v) is 7.14. The van der Waals surface area contributed by atoms with Crippen LogP contribution < -0.4 is 0 Å². The average molecular weight is 376 g/mol. The summed E-state index contributed by atoms with van der Waals surface area (Å²) in [6, 6.07) is 0. The normalized spacial score (nSPS) is 56.2. The van der Waals surface area contributed by atoms with Gasteiger partial charge in [0, 0.05) is 22.7 Å². The molecule has 1 spiro atoms. The van der Waals surface area contributed by atoms with Crippen LogP contribution in [0.4, 0.5) is 0 Å². The van der Waals surface area contributed by atoms with Gasteiger partial charge in [-0.05, 0) is 30.9 Å². The smallest absolute Gasteiger partial charge is 0.306 e. The minimum atomic E-state index is -1.98. The van der Waals surface area contributed by atoms with Crippen molar-refractivity contribution in [1.82, 2.24) is 0 Å². The standard InChI is InChI=1S/C20H24O7/c1-8-4-12(21)16(24)18(3)10(8)5-13-19-7-26-20(25,17(18)19)15(23)9(2)11(19)6-14(22)27-13/h4,10-11,13,15-17,23-25H,2,5-7H2,1,3H3/t10-,11-,13+,15+,16-,17+,18-,19-,20-/m0/s1. The highest BCUT2D eigenvalue weighted by Gasteiger charge is 2.81. The lowest BCUT2D eigenvalue weighted by atomic mass is 9.39. The number of aliphatic hydroxyl groups is 3. The third kappa shape index (κ3) is 1.69. The van der Waals surface area contributed by atoms with Crippen LogP contribution in [0.15, 0.2) is 23.8 Å². The van der Waals surface area contributed by atoms with Gasteiger partial charge in [-0.15, -0.1) is 0 Å². The number of ketones is 1. The Bertz CT molecular complexity index is 817. The van der Waals surface area contributed by atoms with E-state index in [0.29, 0.717) is 12.0 Å². The molecule has 3 N–H and O–H groups in total. The van der Waals surface area contributed by atoms with Crippen LogP contribution in [-0.4, -0.2) is 57.8 Å². The number of aliphatic hydroxyl groups excluding tert-OH is 2. The number of hydrogen-bond acceptors (Lipinski definition) is 7. The maximum Gasteiger partial charge on any atom is 0.306 e. The van der Waals surface area contributed by atoms with Crippen molar-refractivity contribution in [3.63, 3.8) is 0 Å². The molecule has 0 amide bonds. The number of rotatable bonds is 0. The molecule has 0 aromatic carbocycles. The predicted molar refractivity (Wildman–Crippen MR) is 90.9 cm³/mol. The molecule has 7 heteroatoms. The summed E-state index contributed by atoms with van der Waals surface area (Å²) in [7, 11) is 0. The van der Waals surface area contributed by atoms with E-state index in [-0.39, 0.29) is 24.9 Å². The number of fused-ring (bicyclic) bond motifs is 1. The van der Waals surface area contributed by atoms with Gasteiger partial charge in [0.25, 0.3) is 0 Å². The van der Waals surface area contributed by atoms with E-state index >= 15 is 0 Å². The number of ether oxygens (including phenoxy) is 2. The van der Waals surface area contributed by atoms with Crippen LogP contribution in [0.5, 0.6) is 0 Å². The quantitative estimate of drug-likeness (QED) is 0.405. The Labute approximate surface area is 156 Å². The summed E-state index contributed by atoms with van der Waals surface area (Å²) >= 11 is 0. The highest BCUT2D eigenvalue weighted by molar-refractivity contribution is 5.96. The van der Waals surface area contributed by atoms with E-state index in [4.69, 9.17) is 9.47 Å². The summed E-state index contributed by atoms with van der Waals surface area (Å²) in [6.07, 6.45) is -1.36. The fraction of sp³-hybridized carbons (Fsp3) is 0.700. The number of carbonyl (C=O) groups excluding carboxylic acids is 2. The van der Waals surface area contributed by atoms with Crippen LogP contribution >= 0.6 is 0 Å². The molecule has 2 aliphatic heterocycles. The molecule has 2 heterocycles. The van der Waals surface area contributed by atoms with Gasteiger partial charge in [0.2, 0.25) is 0 Å². The van der Waals surface area contributed by atoms with Crippen LogP contribution in [0.3, 0.4) is 0 Å². The van der Waals surface area contributed by atoms with Gasteiger partial charge in [0.05, 0.1) is 13.0 Å². The molecule has 0 aromatic heterocycles. The minimum Gasteiger partial charge on any atom is -0.462 e. The Morgan fingerprint density at radius 2 is 1.93 bits per heavy atom. The third-order valence-electron chi connectivity index (χ3n) is 8.19. The average Bonchev–Trinajstić information content (AvgIpc) is 2.90. The number of allylic oxidation sites excluding steroid dienone is 1. The predicted octanol–water partition coefficient (Wildman–Crippen LogP) is 0.0863. The molecule has 5 aliphatic rings.